The van der Waals surface area contributed by atoms with Gasteiger partial charge in [-0.2, -0.15) is 0 Å². The summed E-state index contributed by atoms with van der Waals surface area (Å²) in [4.78, 5) is 25.8. The van der Waals surface area contributed by atoms with Crippen LogP contribution < -0.4 is 0 Å². The minimum Gasteiger partial charge on any atom is -0.333 e. The van der Waals surface area contributed by atoms with Crippen molar-refractivity contribution in [2.24, 2.45) is 0 Å². The molecule has 1 aromatic carbocycles. The number of nitrogens with zero attached hydrogens (tertiary/aromatic N) is 4. The molecule has 0 spiro atoms. The van der Waals surface area contributed by atoms with E-state index < -0.39 is 5.82 Å². The van der Waals surface area contributed by atoms with E-state index in [-0.39, 0.29) is 11.9 Å². The van der Waals surface area contributed by atoms with E-state index >= 15 is 0 Å². The molecule has 1 aromatic heterocycles. The quantitative estimate of drug-likeness (QED) is 0.809. The van der Waals surface area contributed by atoms with Crippen LogP contribution in [0.5, 0.6) is 0 Å². The van der Waals surface area contributed by atoms with Crippen LogP contribution in [0, 0.1) is 19.7 Å². The maximum absolute atomic E-state index is 14.0. The van der Waals surface area contributed by atoms with Gasteiger partial charge in [-0.05, 0) is 33.9 Å². The lowest BCUT2D eigenvalue weighted by molar-refractivity contribution is 0.0535. The van der Waals surface area contributed by atoms with Crippen molar-refractivity contribution in [2.45, 2.75) is 26.8 Å². The monoisotopic (exact) mass is 316 g/mol. The Morgan fingerprint density at radius 1 is 1.22 bits per heavy atom. The Hall–Kier alpha value is -2.08. The zero-order valence-corrected chi connectivity index (χ0v) is 13.9. The van der Waals surface area contributed by atoms with Crippen LogP contribution in [0.2, 0.25) is 0 Å². The van der Waals surface area contributed by atoms with Crippen LogP contribution in [-0.4, -0.2) is 58.4 Å². The fourth-order valence-corrected chi connectivity index (χ4v) is 3.06. The van der Waals surface area contributed by atoms with Crippen molar-refractivity contribution < 1.29 is 9.18 Å². The smallest absolute Gasteiger partial charge is 0.256 e. The zero-order chi connectivity index (χ0) is 16.7. The maximum Gasteiger partial charge on any atom is 0.256 e. The third-order valence-electron chi connectivity index (χ3n) is 4.47. The van der Waals surface area contributed by atoms with Crippen LogP contribution in [0.25, 0.3) is 11.0 Å². The number of fused-ring (bicyclic) bond motifs is 1. The molecule has 1 atom stereocenters. The van der Waals surface area contributed by atoms with Crippen molar-refractivity contribution in [3.63, 3.8) is 0 Å². The Morgan fingerprint density at radius 3 is 2.61 bits per heavy atom. The van der Waals surface area contributed by atoms with E-state index in [4.69, 9.17) is 0 Å². The lowest BCUT2D eigenvalue weighted by Gasteiger charge is -2.38. The first-order valence-electron chi connectivity index (χ1n) is 7.81. The Morgan fingerprint density at radius 2 is 1.91 bits per heavy atom. The van der Waals surface area contributed by atoms with Gasteiger partial charge in [-0.25, -0.2) is 14.4 Å². The van der Waals surface area contributed by atoms with Gasteiger partial charge in [-0.15, -0.1) is 0 Å². The van der Waals surface area contributed by atoms with Gasteiger partial charge in [0, 0.05) is 31.7 Å². The molecule has 1 aliphatic heterocycles. The van der Waals surface area contributed by atoms with E-state index in [0.717, 1.165) is 24.5 Å². The molecule has 3 rings (SSSR count). The third-order valence-corrected chi connectivity index (χ3v) is 4.47. The van der Waals surface area contributed by atoms with E-state index in [0.29, 0.717) is 23.1 Å². The van der Waals surface area contributed by atoms with Crippen LogP contribution in [0.15, 0.2) is 12.1 Å². The van der Waals surface area contributed by atoms with E-state index in [9.17, 15) is 9.18 Å². The van der Waals surface area contributed by atoms with Crippen molar-refractivity contribution in [2.75, 3.05) is 26.7 Å². The Bertz CT molecular complexity index is 777. The summed E-state index contributed by atoms with van der Waals surface area (Å²) in [5.41, 5.74) is 2.70. The van der Waals surface area contributed by atoms with Crippen molar-refractivity contribution in [1.82, 2.24) is 19.8 Å². The highest BCUT2D eigenvalue weighted by molar-refractivity contribution is 6.05. The number of aryl methyl sites for hydroxylation is 2. The number of rotatable bonds is 1. The van der Waals surface area contributed by atoms with Crippen LogP contribution in [-0.2, 0) is 0 Å². The second kappa shape index (κ2) is 5.85. The summed E-state index contributed by atoms with van der Waals surface area (Å²) < 4.78 is 14.0. The van der Waals surface area contributed by atoms with Gasteiger partial charge in [-0.3, -0.25) is 4.79 Å². The molecule has 0 bridgehead atoms. The fraction of sp³-hybridized carbons (Fsp3) is 0.471. The highest BCUT2D eigenvalue weighted by Gasteiger charge is 2.28. The number of halogens is 1. The molecule has 5 nitrogen and oxygen atoms in total. The summed E-state index contributed by atoms with van der Waals surface area (Å²) in [6, 6.07) is 2.69. The van der Waals surface area contributed by atoms with Gasteiger partial charge < -0.3 is 9.80 Å². The molecule has 0 aliphatic carbocycles. The molecule has 0 radical (unpaired) electrons. The summed E-state index contributed by atoms with van der Waals surface area (Å²) in [6.45, 7) is 7.94. The summed E-state index contributed by atoms with van der Waals surface area (Å²) in [5, 5.41) is 0. The average molecular weight is 316 g/mol. The summed E-state index contributed by atoms with van der Waals surface area (Å²) in [6.07, 6.45) is 0. The molecule has 1 saturated heterocycles. The predicted octanol–water partition coefficient (Wildman–Crippen LogP) is 2.16. The Labute approximate surface area is 135 Å². The minimum atomic E-state index is -0.458. The minimum absolute atomic E-state index is 0.0825. The molecule has 23 heavy (non-hydrogen) atoms. The first kappa shape index (κ1) is 15.8. The largest absolute Gasteiger partial charge is 0.333 e. The lowest BCUT2D eigenvalue weighted by Crippen LogP contribution is -2.52. The van der Waals surface area contributed by atoms with E-state index in [1.54, 1.807) is 4.90 Å². The summed E-state index contributed by atoms with van der Waals surface area (Å²) in [7, 11) is 2.04. The maximum atomic E-state index is 14.0. The molecule has 122 valence electrons. The normalized spacial score (nSPS) is 19.3. The number of amides is 1. The summed E-state index contributed by atoms with van der Waals surface area (Å²) in [5.74, 6) is -0.632. The molecule has 1 aliphatic rings. The SMILES string of the molecule is Cc1nc2cc(F)cc(C(=O)N3CCN(C)C[C@@H]3C)c2nc1C. The van der Waals surface area contributed by atoms with Gasteiger partial charge in [0.05, 0.1) is 22.5 Å². The van der Waals surface area contributed by atoms with Crippen molar-refractivity contribution in [3.05, 3.63) is 34.9 Å². The van der Waals surface area contributed by atoms with Crippen LogP contribution >= 0.6 is 0 Å². The number of hydrogen-bond donors (Lipinski definition) is 0. The molecule has 0 unspecified atom stereocenters. The molecule has 2 aromatic rings. The second-order valence-electron chi connectivity index (χ2n) is 6.33. The van der Waals surface area contributed by atoms with Crippen LogP contribution in [0.3, 0.4) is 0 Å². The highest BCUT2D eigenvalue weighted by Crippen LogP contribution is 2.22. The summed E-state index contributed by atoms with van der Waals surface area (Å²) >= 11 is 0. The number of carbonyl (C=O) groups is 1. The molecular weight excluding hydrogens is 295 g/mol. The van der Waals surface area contributed by atoms with Crippen LogP contribution in [0.4, 0.5) is 4.39 Å². The standard InChI is InChI=1S/C17H21FN4O/c1-10-9-21(4)5-6-22(10)17(23)14-7-13(18)8-15-16(14)20-12(3)11(2)19-15/h7-8,10H,5-6,9H2,1-4H3/t10-/m0/s1. The predicted molar refractivity (Wildman–Crippen MR) is 87.0 cm³/mol. The number of carbonyl (C=O) groups excluding carboxylic acids is 1. The second-order valence-corrected chi connectivity index (χ2v) is 6.33. The van der Waals surface area contributed by atoms with Gasteiger partial charge in [0.25, 0.3) is 5.91 Å². The number of aromatic nitrogens is 2. The molecule has 0 N–H and O–H groups in total. The zero-order valence-electron chi connectivity index (χ0n) is 13.9. The molecule has 1 fully saturated rings. The molecule has 1 amide bonds. The van der Waals surface area contributed by atoms with Gasteiger partial charge in [0.15, 0.2) is 0 Å². The van der Waals surface area contributed by atoms with Gasteiger partial charge in [0.2, 0.25) is 0 Å². The lowest BCUT2D eigenvalue weighted by atomic mass is 10.1. The van der Waals surface area contributed by atoms with Crippen LogP contribution in [0.1, 0.15) is 28.7 Å². The first-order chi connectivity index (χ1) is 10.9. The Kier molecular flexibility index (Phi) is 4.02. The topological polar surface area (TPSA) is 49.3 Å². The number of piperazine rings is 1. The molecular formula is C17H21FN4O. The van der Waals surface area contributed by atoms with Crippen molar-refractivity contribution in [1.29, 1.82) is 0 Å². The molecule has 0 saturated carbocycles. The van der Waals surface area contributed by atoms with Crippen molar-refractivity contribution in [3.8, 4) is 0 Å². The number of benzene rings is 1. The van der Waals surface area contributed by atoms with E-state index in [1.165, 1.54) is 12.1 Å². The van der Waals surface area contributed by atoms with Gasteiger partial charge in [0.1, 0.15) is 11.3 Å². The van der Waals surface area contributed by atoms with Gasteiger partial charge in [-0.1, -0.05) is 0 Å². The van der Waals surface area contributed by atoms with E-state index in [1.807, 2.05) is 27.8 Å². The Balaban J connectivity index is 2.08. The van der Waals surface area contributed by atoms with Gasteiger partial charge >= 0.3 is 0 Å². The average Bonchev–Trinajstić information content (AvgIpc) is 2.47. The number of hydrogen-bond acceptors (Lipinski definition) is 4. The fourth-order valence-electron chi connectivity index (χ4n) is 3.06. The third kappa shape index (κ3) is 2.91. The number of likely N-dealkylation sites (N-methyl/N-ethyl adjacent to an activating group) is 1. The molecule has 6 heteroatoms. The first-order valence-corrected chi connectivity index (χ1v) is 7.81. The van der Waals surface area contributed by atoms with E-state index in [2.05, 4.69) is 14.9 Å². The highest BCUT2D eigenvalue weighted by atomic mass is 19.1. The van der Waals surface area contributed by atoms with Crippen molar-refractivity contribution >= 4 is 16.9 Å². The molecule has 2 heterocycles.